The SMILES string of the molecule is CCCCOc1ccccc1NC(=O)CCN1C(=O)c2ccccc2C1=O. The first kappa shape index (κ1) is 18.6. The van der Waals surface area contributed by atoms with Crippen LogP contribution in [0.1, 0.15) is 46.9 Å². The average molecular weight is 366 g/mol. The number of imide groups is 1. The van der Waals surface area contributed by atoms with Gasteiger partial charge in [-0.05, 0) is 30.7 Å². The van der Waals surface area contributed by atoms with Gasteiger partial charge in [-0.15, -0.1) is 0 Å². The highest BCUT2D eigenvalue weighted by Gasteiger charge is 2.34. The Kier molecular flexibility index (Phi) is 5.86. The van der Waals surface area contributed by atoms with Crippen molar-refractivity contribution in [1.82, 2.24) is 4.90 Å². The first-order chi connectivity index (χ1) is 13.1. The van der Waals surface area contributed by atoms with Crippen LogP contribution in [0.2, 0.25) is 0 Å². The monoisotopic (exact) mass is 366 g/mol. The zero-order valence-corrected chi connectivity index (χ0v) is 15.2. The van der Waals surface area contributed by atoms with Crippen molar-refractivity contribution in [3.8, 4) is 5.75 Å². The van der Waals surface area contributed by atoms with Crippen LogP contribution >= 0.6 is 0 Å². The molecular weight excluding hydrogens is 344 g/mol. The fourth-order valence-corrected chi connectivity index (χ4v) is 2.89. The van der Waals surface area contributed by atoms with Crippen molar-refractivity contribution >= 4 is 23.4 Å². The molecule has 140 valence electrons. The average Bonchev–Trinajstić information content (AvgIpc) is 2.92. The predicted molar refractivity (Wildman–Crippen MR) is 102 cm³/mol. The Bertz CT molecular complexity index is 828. The molecule has 1 aliphatic rings. The number of nitrogens with zero attached hydrogens (tertiary/aromatic N) is 1. The van der Waals surface area contributed by atoms with E-state index in [1.54, 1.807) is 36.4 Å². The van der Waals surface area contributed by atoms with Crippen LogP contribution in [0.15, 0.2) is 48.5 Å². The van der Waals surface area contributed by atoms with Crippen molar-refractivity contribution in [2.45, 2.75) is 26.2 Å². The molecule has 2 aromatic rings. The van der Waals surface area contributed by atoms with Crippen molar-refractivity contribution in [3.63, 3.8) is 0 Å². The molecule has 6 heteroatoms. The third kappa shape index (κ3) is 4.16. The standard InChI is InChI=1S/C21H22N2O4/c1-2-3-14-27-18-11-7-6-10-17(18)22-19(24)12-13-23-20(25)15-8-4-5-9-16(15)21(23)26/h4-11H,2-3,12-14H2,1H3,(H,22,24). The zero-order chi connectivity index (χ0) is 19.2. The molecule has 0 bridgehead atoms. The summed E-state index contributed by atoms with van der Waals surface area (Å²) in [6, 6.07) is 13.9. The molecule has 27 heavy (non-hydrogen) atoms. The van der Waals surface area contributed by atoms with Gasteiger partial charge in [0.25, 0.3) is 11.8 Å². The van der Waals surface area contributed by atoms with Crippen LogP contribution in [0.4, 0.5) is 5.69 Å². The highest BCUT2D eigenvalue weighted by atomic mass is 16.5. The van der Waals surface area contributed by atoms with Gasteiger partial charge < -0.3 is 10.1 Å². The number of anilines is 1. The maximum absolute atomic E-state index is 12.3. The van der Waals surface area contributed by atoms with E-state index in [4.69, 9.17) is 4.74 Å². The minimum Gasteiger partial charge on any atom is -0.491 e. The lowest BCUT2D eigenvalue weighted by molar-refractivity contribution is -0.116. The fraction of sp³-hybridized carbons (Fsp3) is 0.286. The summed E-state index contributed by atoms with van der Waals surface area (Å²) in [5.41, 5.74) is 1.36. The summed E-state index contributed by atoms with van der Waals surface area (Å²) in [5.74, 6) is -0.378. The Balaban J connectivity index is 1.58. The quantitative estimate of drug-likeness (QED) is 0.573. The lowest BCUT2D eigenvalue weighted by atomic mass is 10.1. The Morgan fingerprint density at radius 1 is 1.00 bits per heavy atom. The third-order valence-corrected chi connectivity index (χ3v) is 4.36. The number of hydrogen-bond acceptors (Lipinski definition) is 4. The molecule has 0 aromatic heterocycles. The molecule has 1 aliphatic heterocycles. The van der Waals surface area contributed by atoms with Gasteiger partial charge in [-0.1, -0.05) is 37.6 Å². The van der Waals surface area contributed by atoms with Crippen molar-refractivity contribution in [1.29, 1.82) is 0 Å². The molecule has 0 atom stereocenters. The summed E-state index contributed by atoms with van der Waals surface area (Å²) >= 11 is 0. The number of carbonyl (C=O) groups is 3. The van der Waals surface area contributed by atoms with E-state index >= 15 is 0 Å². The van der Waals surface area contributed by atoms with E-state index in [0.717, 1.165) is 17.7 Å². The molecule has 0 unspecified atom stereocenters. The maximum Gasteiger partial charge on any atom is 0.261 e. The molecule has 0 radical (unpaired) electrons. The van der Waals surface area contributed by atoms with Gasteiger partial charge in [-0.25, -0.2) is 0 Å². The molecular formula is C21H22N2O4. The summed E-state index contributed by atoms with van der Waals surface area (Å²) in [6.07, 6.45) is 1.98. The molecule has 6 nitrogen and oxygen atoms in total. The van der Waals surface area contributed by atoms with Gasteiger partial charge in [0.15, 0.2) is 0 Å². The smallest absolute Gasteiger partial charge is 0.261 e. The van der Waals surface area contributed by atoms with E-state index in [-0.39, 0.29) is 30.7 Å². The lowest BCUT2D eigenvalue weighted by Gasteiger charge is -2.15. The Morgan fingerprint density at radius 3 is 2.30 bits per heavy atom. The second kappa shape index (κ2) is 8.49. The van der Waals surface area contributed by atoms with Crippen LogP contribution in [0.3, 0.4) is 0 Å². The number of carbonyl (C=O) groups excluding carboxylic acids is 3. The molecule has 3 rings (SSSR count). The molecule has 0 saturated heterocycles. The number of benzene rings is 2. The molecule has 3 amide bonds. The summed E-state index contributed by atoms with van der Waals surface area (Å²) in [7, 11) is 0. The number of hydrogen-bond donors (Lipinski definition) is 1. The fourth-order valence-electron chi connectivity index (χ4n) is 2.89. The van der Waals surface area contributed by atoms with E-state index in [9.17, 15) is 14.4 Å². The third-order valence-electron chi connectivity index (χ3n) is 4.36. The van der Waals surface area contributed by atoms with Gasteiger partial charge in [0, 0.05) is 13.0 Å². The predicted octanol–water partition coefficient (Wildman–Crippen LogP) is 3.49. The molecule has 0 spiro atoms. The first-order valence-electron chi connectivity index (χ1n) is 9.08. The van der Waals surface area contributed by atoms with Gasteiger partial charge >= 0.3 is 0 Å². The summed E-state index contributed by atoms with van der Waals surface area (Å²) < 4.78 is 5.70. The molecule has 0 fully saturated rings. The Labute approximate surface area is 158 Å². The van der Waals surface area contributed by atoms with Crippen LogP contribution in [0, 0.1) is 0 Å². The highest BCUT2D eigenvalue weighted by molar-refractivity contribution is 6.21. The Morgan fingerprint density at radius 2 is 1.63 bits per heavy atom. The first-order valence-corrected chi connectivity index (χ1v) is 9.08. The summed E-state index contributed by atoms with van der Waals surface area (Å²) in [6.45, 7) is 2.70. The lowest BCUT2D eigenvalue weighted by Crippen LogP contribution is -2.32. The van der Waals surface area contributed by atoms with Gasteiger partial charge in [-0.3, -0.25) is 19.3 Å². The zero-order valence-electron chi connectivity index (χ0n) is 15.2. The van der Waals surface area contributed by atoms with E-state index in [1.165, 1.54) is 0 Å². The van der Waals surface area contributed by atoms with Crippen molar-refractivity contribution in [2.75, 3.05) is 18.5 Å². The number of unbranched alkanes of at least 4 members (excludes halogenated alkanes) is 1. The van der Waals surface area contributed by atoms with Gasteiger partial charge in [0.2, 0.25) is 5.91 Å². The van der Waals surface area contributed by atoms with E-state index in [0.29, 0.717) is 29.2 Å². The van der Waals surface area contributed by atoms with Crippen LogP contribution < -0.4 is 10.1 Å². The van der Waals surface area contributed by atoms with Gasteiger partial charge in [0.05, 0.1) is 23.4 Å². The number of ether oxygens (including phenoxy) is 1. The Hall–Kier alpha value is -3.15. The molecule has 2 aromatic carbocycles. The number of fused-ring (bicyclic) bond motifs is 1. The van der Waals surface area contributed by atoms with E-state index in [2.05, 4.69) is 12.2 Å². The van der Waals surface area contributed by atoms with E-state index < -0.39 is 0 Å². The second-order valence-electron chi connectivity index (χ2n) is 6.30. The van der Waals surface area contributed by atoms with Crippen molar-refractivity contribution in [3.05, 3.63) is 59.7 Å². The number of amides is 3. The summed E-state index contributed by atoms with van der Waals surface area (Å²) in [5, 5.41) is 2.80. The molecule has 1 N–H and O–H groups in total. The minimum atomic E-state index is -0.355. The van der Waals surface area contributed by atoms with Crippen LogP contribution in [-0.4, -0.2) is 35.8 Å². The normalized spacial score (nSPS) is 12.9. The van der Waals surface area contributed by atoms with Crippen LogP contribution in [-0.2, 0) is 4.79 Å². The van der Waals surface area contributed by atoms with Crippen LogP contribution in [0.5, 0.6) is 5.75 Å². The number of para-hydroxylation sites is 2. The number of nitrogens with one attached hydrogen (secondary N) is 1. The highest BCUT2D eigenvalue weighted by Crippen LogP contribution is 2.25. The largest absolute Gasteiger partial charge is 0.491 e. The molecule has 0 saturated carbocycles. The molecule has 1 heterocycles. The summed E-state index contributed by atoms with van der Waals surface area (Å²) in [4.78, 5) is 38.1. The molecule has 0 aliphatic carbocycles. The second-order valence-corrected chi connectivity index (χ2v) is 6.30. The van der Waals surface area contributed by atoms with E-state index in [1.807, 2.05) is 12.1 Å². The number of rotatable bonds is 8. The van der Waals surface area contributed by atoms with Crippen molar-refractivity contribution < 1.29 is 19.1 Å². The van der Waals surface area contributed by atoms with Gasteiger partial charge in [-0.2, -0.15) is 0 Å². The van der Waals surface area contributed by atoms with Crippen molar-refractivity contribution in [2.24, 2.45) is 0 Å². The minimum absolute atomic E-state index is 0.0226. The van der Waals surface area contributed by atoms with Crippen LogP contribution in [0.25, 0.3) is 0 Å². The topological polar surface area (TPSA) is 75.7 Å². The van der Waals surface area contributed by atoms with Gasteiger partial charge in [0.1, 0.15) is 5.75 Å². The maximum atomic E-state index is 12.3.